The van der Waals surface area contributed by atoms with Crippen LogP contribution in [0.3, 0.4) is 0 Å². The number of aliphatic hydroxyl groups excluding tert-OH is 1. The summed E-state index contributed by atoms with van der Waals surface area (Å²) in [6.45, 7) is 2.58. The van der Waals surface area contributed by atoms with Crippen molar-refractivity contribution in [1.82, 2.24) is 4.90 Å². The number of hydrogen-bond acceptors (Lipinski definition) is 2. The molecular weight excluding hydrogens is 269 g/mol. The monoisotopic (exact) mass is 289 g/mol. The molecule has 1 heterocycles. The van der Waals surface area contributed by atoms with Gasteiger partial charge in [0.15, 0.2) is 0 Å². The first kappa shape index (κ1) is 14.3. The second-order valence-corrected chi connectivity index (χ2v) is 5.88. The molecule has 3 atom stereocenters. The van der Waals surface area contributed by atoms with Crippen LogP contribution in [0.5, 0.6) is 0 Å². The highest BCUT2D eigenvalue weighted by molar-refractivity contribution is 5.94. The van der Waals surface area contributed by atoms with Crippen LogP contribution >= 0.6 is 0 Å². The van der Waals surface area contributed by atoms with Crippen molar-refractivity contribution in [1.29, 1.82) is 0 Å². The van der Waals surface area contributed by atoms with Gasteiger partial charge in [0.2, 0.25) is 5.91 Å². The van der Waals surface area contributed by atoms with Gasteiger partial charge in [-0.1, -0.05) is 18.2 Å². The van der Waals surface area contributed by atoms with Gasteiger partial charge >= 0.3 is 0 Å². The van der Waals surface area contributed by atoms with Crippen molar-refractivity contribution in [2.24, 2.45) is 5.92 Å². The molecule has 1 saturated heterocycles. The number of allylic oxidation sites excluding steroid dienone is 1. The van der Waals surface area contributed by atoms with Crippen LogP contribution in [0.25, 0.3) is 0 Å². The molecule has 1 aromatic rings. The van der Waals surface area contributed by atoms with Crippen LogP contribution in [0.2, 0.25) is 0 Å². The molecule has 2 fully saturated rings. The number of likely N-dealkylation sites (tertiary alicyclic amines) is 1. The first-order valence-corrected chi connectivity index (χ1v) is 7.51. The van der Waals surface area contributed by atoms with E-state index in [0.717, 1.165) is 24.0 Å². The molecule has 0 aromatic heterocycles. The SMILES string of the molecule is C/C=C1\CCCN(C(c2ccc(F)cc2)C2CC2O)C1=O. The van der Waals surface area contributed by atoms with Crippen LogP contribution in [-0.2, 0) is 4.79 Å². The van der Waals surface area contributed by atoms with E-state index in [2.05, 4.69) is 0 Å². The molecule has 0 radical (unpaired) electrons. The summed E-state index contributed by atoms with van der Waals surface area (Å²) in [7, 11) is 0. The fraction of sp³-hybridized carbons (Fsp3) is 0.471. The van der Waals surface area contributed by atoms with Crippen molar-refractivity contribution in [3.63, 3.8) is 0 Å². The first-order valence-electron chi connectivity index (χ1n) is 7.51. The molecule has 1 aliphatic heterocycles. The Morgan fingerprint density at radius 3 is 2.62 bits per heavy atom. The Labute approximate surface area is 124 Å². The normalized spacial score (nSPS) is 28.8. The van der Waals surface area contributed by atoms with Gasteiger partial charge < -0.3 is 10.0 Å². The number of benzene rings is 1. The van der Waals surface area contributed by atoms with Gasteiger partial charge in [0.05, 0.1) is 12.1 Å². The molecule has 1 N–H and O–H groups in total. The third kappa shape index (κ3) is 2.72. The average molecular weight is 289 g/mol. The molecule has 1 saturated carbocycles. The van der Waals surface area contributed by atoms with E-state index in [9.17, 15) is 14.3 Å². The molecule has 0 spiro atoms. The van der Waals surface area contributed by atoms with Crippen molar-refractivity contribution in [2.45, 2.75) is 38.3 Å². The predicted molar refractivity (Wildman–Crippen MR) is 78.0 cm³/mol. The molecule has 21 heavy (non-hydrogen) atoms. The number of halogens is 1. The molecule has 1 amide bonds. The van der Waals surface area contributed by atoms with Crippen LogP contribution in [0, 0.1) is 11.7 Å². The number of rotatable bonds is 3. The van der Waals surface area contributed by atoms with Gasteiger partial charge in [0, 0.05) is 18.0 Å². The zero-order valence-corrected chi connectivity index (χ0v) is 12.1. The van der Waals surface area contributed by atoms with Crippen LogP contribution in [0.4, 0.5) is 4.39 Å². The highest BCUT2D eigenvalue weighted by Crippen LogP contribution is 2.46. The third-order valence-electron chi connectivity index (χ3n) is 4.49. The molecule has 0 bridgehead atoms. The maximum Gasteiger partial charge on any atom is 0.249 e. The van der Waals surface area contributed by atoms with Gasteiger partial charge in [-0.3, -0.25) is 4.79 Å². The fourth-order valence-corrected chi connectivity index (χ4v) is 3.22. The fourth-order valence-electron chi connectivity index (χ4n) is 3.22. The van der Waals surface area contributed by atoms with E-state index in [0.29, 0.717) is 13.0 Å². The van der Waals surface area contributed by atoms with Gasteiger partial charge in [-0.2, -0.15) is 0 Å². The molecule has 1 aliphatic carbocycles. The minimum absolute atomic E-state index is 0.0529. The van der Waals surface area contributed by atoms with Gasteiger partial charge in [0.1, 0.15) is 5.82 Å². The maximum atomic E-state index is 13.1. The van der Waals surface area contributed by atoms with Gasteiger partial charge in [-0.15, -0.1) is 0 Å². The molecular formula is C17H20FNO2. The zero-order valence-electron chi connectivity index (χ0n) is 12.1. The van der Waals surface area contributed by atoms with Gasteiger partial charge in [0.25, 0.3) is 0 Å². The number of amides is 1. The molecule has 3 rings (SSSR count). The Morgan fingerprint density at radius 2 is 2.05 bits per heavy atom. The zero-order chi connectivity index (χ0) is 15.0. The topological polar surface area (TPSA) is 40.5 Å². The second kappa shape index (κ2) is 5.60. The molecule has 112 valence electrons. The Kier molecular flexibility index (Phi) is 3.81. The van der Waals surface area contributed by atoms with E-state index in [1.807, 2.05) is 17.9 Å². The quantitative estimate of drug-likeness (QED) is 0.869. The van der Waals surface area contributed by atoms with Gasteiger partial charge in [-0.25, -0.2) is 4.39 Å². The number of aliphatic hydroxyl groups is 1. The van der Waals surface area contributed by atoms with Gasteiger partial charge in [-0.05, 0) is 43.9 Å². The summed E-state index contributed by atoms with van der Waals surface area (Å²) in [6.07, 6.45) is 3.97. The van der Waals surface area contributed by atoms with Crippen molar-refractivity contribution in [3.8, 4) is 0 Å². The number of nitrogens with zero attached hydrogens (tertiary/aromatic N) is 1. The van der Waals surface area contributed by atoms with Crippen LogP contribution in [-0.4, -0.2) is 28.6 Å². The summed E-state index contributed by atoms with van der Waals surface area (Å²) in [6, 6.07) is 6.14. The lowest BCUT2D eigenvalue weighted by molar-refractivity contribution is -0.132. The van der Waals surface area contributed by atoms with E-state index in [4.69, 9.17) is 0 Å². The Morgan fingerprint density at radius 1 is 1.38 bits per heavy atom. The van der Waals surface area contributed by atoms with Crippen LogP contribution in [0.1, 0.15) is 37.8 Å². The third-order valence-corrected chi connectivity index (χ3v) is 4.49. The standard InChI is InChI=1S/C17H20FNO2/c1-2-11-4-3-9-19(17(11)21)16(14-10-15(14)20)12-5-7-13(18)8-6-12/h2,5-8,14-16,20H,3-4,9-10H2,1H3/b11-2+. The average Bonchev–Trinajstić information content (AvgIpc) is 3.19. The lowest BCUT2D eigenvalue weighted by atomic mass is 9.95. The maximum absolute atomic E-state index is 13.1. The van der Waals surface area contributed by atoms with E-state index in [-0.39, 0.29) is 29.8 Å². The molecule has 3 unspecified atom stereocenters. The van der Waals surface area contributed by atoms with E-state index in [1.165, 1.54) is 12.1 Å². The number of carbonyl (C=O) groups is 1. The molecule has 2 aliphatic rings. The predicted octanol–water partition coefficient (Wildman–Crippen LogP) is 2.82. The minimum Gasteiger partial charge on any atom is -0.393 e. The lowest BCUT2D eigenvalue weighted by Crippen LogP contribution is -2.41. The van der Waals surface area contributed by atoms with E-state index >= 15 is 0 Å². The number of piperidine rings is 1. The summed E-state index contributed by atoms with van der Waals surface area (Å²) in [4.78, 5) is 14.4. The Hall–Kier alpha value is -1.68. The van der Waals surface area contributed by atoms with E-state index in [1.54, 1.807) is 12.1 Å². The first-order chi connectivity index (χ1) is 10.1. The molecule has 1 aromatic carbocycles. The largest absolute Gasteiger partial charge is 0.393 e. The minimum atomic E-state index is -0.358. The van der Waals surface area contributed by atoms with Crippen LogP contribution < -0.4 is 0 Å². The summed E-state index contributed by atoms with van der Waals surface area (Å²) < 4.78 is 13.1. The van der Waals surface area contributed by atoms with Crippen LogP contribution in [0.15, 0.2) is 35.9 Å². The highest BCUT2D eigenvalue weighted by Gasteiger charge is 2.47. The van der Waals surface area contributed by atoms with Crippen molar-refractivity contribution in [3.05, 3.63) is 47.3 Å². The lowest BCUT2D eigenvalue weighted by Gasteiger charge is -2.36. The molecule has 4 heteroatoms. The Bertz CT molecular complexity index is 567. The molecule has 3 nitrogen and oxygen atoms in total. The summed E-state index contributed by atoms with van der Waals surface area (Å²) in [5.74, 6) is -0.166. The summed E-state index contributed by atoms with van der Waals surface area (Å²) >= 11 is 0. The number of carbonyl (C=O) groups excluding carboxylic acids is 1. The number of hydrogen-bond donors (Lipinski definition) is 1. The smallest absolute Gasteiger partial charge is 0.249 e. The second-order valence-electron chi connectivity index (χ2n) is 5.88. The van der Waals surface area contributed by atoms with Crippen molar-refractivity contribution in [2.75, 3.05) is 6.54 Å². The summed E-state index contributed by atoms with van der Waals surface area (Å²) in [5.41, 5.74) is 1.74. The van der Waals surface area contributed by atoms with Crippen molar-refractivity contribution >= 4 is 5.91 Å². The Balaban J connectivity index is 1.92. The highest BCUT2D eigenvalue weighted by atomic mass is 19.1. The summed E-state index contributed by atoms with van der Waals surface area (Å²) in [5, 5.41) is 9.83. The van der Waals surface area contributed by atoms with Crippen molar-refractivity contribution < 1.29 is 14.3 Å². The van der Waals surface area contributed by atoms with E-state index < -0.39 is 0 Å².